The van der Waals surface area contributed by atoms with Crippen molar-refractivity contribution in [3.63, 3.8) is 0 Å². The highest BCUT2D eigenvalue weighted by molar-refractivity contribution is 7.50. The zero-order chi connectivity index (χ0) is 12.1. The molecule has 15 heavy (non-hydrogen) atoms. The standard InChI is InChI=1S/C6H11F3NO4P/c1-3-13-15(12,14-4-2)10-5(11)6(7,8)9/h12H,3-4H2,1-2H3. The fraction of sp³-hybridized carbons (Fsp3) is 0.833. The molecule has 0 aliphatic heterocycles. The summed E-state index contributed by atoms with van der Waals surface area (Å²) < 4.78 is 46.9. The van der Waals surface area contributed by atoms with Crippen LogP contribution in [0.1, 0.15) is 13.8 Å². The molecule has 0 aromatic carbocycles. The second kappa shape index (κ2) is 5.60. The SMILES string of the molecule is CCOP(O)(=NC(=O)C(F)(F)F)OCC. The number of hydrogen-bond donors (Lipinski definition) is 1. The molecule has 9 heteroatoms. The van der Waals surface area contributed by atoms with Crippen molar-refractivity contribution in [2.75, 3.05) is 13.2 Å². The van der Waals surface area contributed by atoms with Crippen LogP contribution in [0, 0.1) is 0 Å². The molecule has 5 nitrogen and oxygen atoms in total. The van der Waals surface area contributed by atoms with Crippen molar-refractivity contribution in [1.29, 1.82) is 0 Å². The zero-order valence-electron chi connectivity index (χ0n) is 8.11. The van der Waals surface area contributed by atoms with Crippen molar-refractivity contribution in [3.8, 4) is 0 Å². The van der Waals surface area contributed by atoms with E-state index in [1.54, 1.807) is 0 Å². The van der Waals surface area contributed by atoms with Gasteiger partial charge in [0.15, 0.2) is 0 Å². The average Bonchev–Trinajstić information content (AvgIpc) is 2.02. The van der Waals surface area contributed by atoms with Crippen LogP contribution in [0.25, 0.3) is 0 Å². The van der Waals surface area contributed by atoms with Gasteiger partial charge in [-0.25, -0.2) is 0 Å². The number of halogens is 3. The summed E-state index contributed by atoms with van der Waals surface area (Å²) in [6.07, 6.45) is -5.14. The first-order valence-corrected chi connectivity index (χ1v) is 5.53. The first-order valence-electron chi connectivity index (χ1n) is 4.00. The quantitative estimate of drug-likeness (QED) is 0.774. The number of amides is 1. The minimum Gasteiger partial charge on any atom is -0.318 e. The van der Waals surface area contributed by atoms with Gasteiger partial charge in [0.05, 0.1) is 13.2 Å². The molecule has 0 aliphatic rings. The average molecular weight is 249 g/mol. The summed E-state index contributed by atoms with van der Waals surface area (Å²) in [4.78, 5) is 19.8. The molecule has 0 spiro atoms. The fourth-order valence-electron chi connectivity index (χ4n) is 0.603. The Morgan fingerprint density at radius 1 is 1.33 bits per heavy atom. The number of hydrogen-bond acceptors (Lipinski definition) is 3. The van der Waals surface area contributed by atoms with Crippen LogP contribution in [-0.2, 0) is 13.8 Å². The molecule has 0 saturated carbocycles. The van der Waals surface area contributed by atoms with E-state index in [0.29, 0.717) is 0 Å². The number of rotatable bonds is 4. The molecule has 0 aliphatic carbocycles. The second-order valence-electron chi connectivity index (χ2n) is 2.23. The van der Waals surface area contributed by atoms with Gasteiger partial charge >= 0.3 is 19.8 Å². The number of alkyl halides is 3. The number of nitrogens with zero attached hydrogens (tertiary/aromatic N) is 1. The third kappa shape index (κ3) is 5.27. The third-order valence-corrected chi connectivity index (χ3v) is 2.68. The Kier molecular flexibility index (Phi) is 5.44. The summed E-state index contributed by atoms with van der Waals surface area (Å²) in [5.74, 6) is -2.42. The molecule has 0 radical (unpaired) electrons. The Morgan fingerprint density at radius 2 is 1.73 bits per heavy atom. The summed E-state index contributed by atoms with van der Waals surface area (Å²) in [6.45, 7) is 2.63. The molecule has 0 aromatic heterocycles. The Bertz CT molecular complexity index is 268. The monoisotopic (exact) mass is 249 g/mol. The highest BCUT2D eigenvalue weighted by Crippen LogP contribution is 2.48. The van der Waals surface area contributed by atoms with Crippen molar-refractivity contribution in [3.05, 3.63) is 0 Å². The number of carbonyl (C=O) groups excluding carboxylic acids is 1. The Hall–Kier alpha value is -0.430. The van der Waals surface area contributed by atoms with Gasteiger partial charge in [-0.1, -0.05) is 0 Å². The lowest BCUT2D eigenvalue weighted by molar-refractivity contribution is -0.169. The summed E-state index contributed by atoms with van der Waals surface area (Å²) in [6, 6.07) is 0. The number of carbonyl (C=O) groups is 1. The van der Waals surface area contributed by atoms with Gasteiger partial charge in [-0.3, -0.25) is 4.79 Å². The lowest BCUT2D eigenvalue weighted by Crippen LogP contribution is -2.20. The second-order valence-corrected chi connectivity index (χ2v) is 3.93. The zero-order valence-corrected chi connectivity index (χ0v) is 9.01. The summed E-state index contributed by atoms with van der Waals surface area (Å²) in [5, 5.41) is 0. The van der Waals surface area contributed by atoms with Gasteiger partial charge in [-0.2, -0.15) is 13.2 Å². The molecule has 0 atom stereocenters. The van der Waals surface area contributed by atoms with Crippen molar-refractivity contribution in [2.45, 2.75) is 20.0 Å². The molecule has 1 N–H and O–H groups in total. The van der Waals surface area contributed by atoms with E-state index >= 15 is 0 Å². The predicted molar refractivity (Wildman–Crippen MR) is 45.9 cm³/mol. The van der Waals surface area contributed by atoms with Crippen LogP contribution in [-0.4, -0.2) is 30.2 Å². The van der Waals surface area contributed by atoms with Gasteiger partial charge in [-0.15, -0.1) is 4.74 Å². The Balaban J connectivity index is 4.91. The molecule has 0 bridgehead atoms. The maximum atomic E-state index is 11.8. The molecule has 0 unspecified atom stereocenters. The molecule has 0 aromatic rings. The van der Waals surface area contributed by atoms with E-state index in [1.807, 2.05) is 0 Å². The Labute approximate surface area is 84.5 Å². The maximum Gasteiger partial charge on any atom is 0.473 e. The molecule has 0 fully saturated rings. The molecule has 1 amide bonds. The molecular weight excluding hydrogens is 238 g/mol. The van der Waals surface area contributed by atoms with Crippen LogP contribution < -0.4 is 0 Å². The lowest BCUT2D eigenvalue weighted by Gasteiger charge is -2.15. The van der Waals surface area contributed by atoms with Crippen molar-refractivity contribution in [1.82, 2.24) is 0 Å². The van der Waals surface area contributed by atoms with Gasteiger partial charge in [0.25, 0.3) is 0 Å². The van der Waals surface area contributed by atoms with Crippen molar-refractivity contribution >= 4 is 13.6 Å². The van der Waals surface area contributed by atoms with Crippen LogP contribution in [0.5, 0.6) is 0 Å². The van der Waals surface area contributed by atoms with E-state index in [-0.39, 0.29) is 13.2 Å². The lowest BCUT2D eigenvalue weighted by atomic mass is 10.6. The first-order chi connectivity index (χ1) is 6.75. The van der Waals surface area contributed by atoms with Gasteiger partial charge in [0.2, 0.25) is 0 Å². The Morgan fingerprint density at radius 3 is 2.00 bits per heavy atom. The molecule has 0 rings (SSSR count). The summed E-state index contributed by atoms with van der Waals surface area (Å²) in [7, 11) is -4.07. The minimum absolute atomic E-state index is 0.112. The van der Waals surface area contributed by atoms with Crippen LogP contribution in [0.3, 0.4) is 0 Å². The van der Waals surface area contributed by atoms with E-state index in [9.17, 15) is 22.9 Å². The first kappa shape index (κ1) is 14.6. The highest BCUT2D eigenvalue weighted by atomic mass is 31.2. The largest absolute Gasteiger partial charge is 0.473 e. The molecule has 0 saturated heterocycles. The third-order valence-electron chi connectivity index (χ3n) is 1.05. The fourth-order valence-corrected chi connectivity index (χ4v) is 1.81. The van der Waals surface area contributed by atoms with E-state index < -0.39 is 19.8 Å². The van der Waals surface area contributed by atoms with Crippen LogP contribution in [0.4, 0.5) is 13.2 Å². The van der Waals surface area contributed by atoms with Crippen LogP contribution >= 0.6 is 7.74 Å². The summed E-state index contributed by atoms with van der Waals surface area (Å²) in [5.41, 5.74) is 0. The predicted octanol–water partition coefficient (Wildman–Crippen LogP) is 2.09. The van der Waals surface area contributed by atoms with Crippen LogP contribution in [0.2, 0.25) is 0 Å². The molecule has 90 valence electrons. The van der Waals surface area contributed by atoms with E-state index in [0.717, 1.165) is 0 Å². The highest BCUT2D eigenvalue weighted by Gasteiger charge is 2.40. The minimum atomic E-state index is -5.14. The van der Waals surface area contributed by atoms with Gasteiger partial charge < -0.3 is 13.9 Å². The van der Waals surface area contributed by atoms with Crippen molar-refractivity contribution in [2.24, 2.45) is 4.74 Å². The van der Waals surface area contributed by atoms with E-state index in [4.69, 9.17) is 0 Å². The van der Waals surface area contributed by atoms with Gasteiger partial charge in [0.1, 0.15) is 0 Å². The smallest absolute Gasteiger partial charge is 0.318 e. The normalized spacial score (nSPS) is 12.7. The van der Waals surface area contributed by atoms with Crippen molar-refractivity contribution < 1.29 is 31.9 Å². The van der Waals surface area contributed by atoms with E-state index in [1.165, 1.54) is 13.8 Å². The topological polar surface area (TPSA) is 68.1 Å². The maximum absolute atomic E-state index is 11.8. The van der Waals surface area contributed by atoms with E-state index in [2.05, 4.69) is 13.8 Å². The molecular formula is C6H11F3NO4P. The van der Waals surface area contributed by atoms with Gasteiger partial charge in [-0.05, 0) is 13.8 Å². The molecule has 0 heterocycles. The van der Waals surface area contributed by atoms with Crippen LogP contribution in [0.15, 0.2) is 4.74 Å². The summed E-state index contributed by atoms with van der Waals surface area (Å²) >= 11 is 0. The van der Waals surface area contributed by atoms with Gasteiger partial charge in [0, 0.05) is 0 Å².